The SMILES string of the molecule is NC(C1CC1)C(NC1CC1)C1C2CC3CC(C2)CC1C3. The number of hydrogen-bond donors (Lipinski definition) is 2. The smallest absolute Gasteiger partial charge is 0.0257 e. The maximum atomic E-state index is 6.72. The normalized spacial score (nSPS) is 49.4. The van der Waals surface area contributed by atoms with Crippen LogP contribution in [-0.2, 0) is 0 Å². The van der Waals surface area contributed by atoms with Gasteiger partial charge in [0.15, 0.2) is 0 Å². The quantitative estimate of drug-likeness (QED) is 0.809. The van der Waals surface area contributed by atoms with Crippen molar-refractivity contribution in [2.24, 2.45) is 41.2 Å². The molecular formula is C18H30N2. The topological polar surface area (TPSA) is 38.0 Å². The van der Waals surface area contributed by atoms with Crippen LogP contribution in [0.3, 0.4) is 0 Å². The van der Waals surface area contributed by atoms with Gasteiger partial charge in [-0.15, -0.1) is 0 Å². The fraction of sp³-hybridized carbons (Fsp3) is 1.00. The van der Waals surface area contributed by atoms with Crippen LogP contribution in [0.5, 0.6) is 0 Å². The molecule has 4 bridgehead atoms. The van der Waals surface area contributed by atoms with Crippen LogP contribution in [0.4, 0.5) is 0 Å². The highest BCUT2D eigenvalue weighted by Gasteiger charge is 2.53. The van der Waals surface area contributed by atoms with Gasteiger partial charge in [-0.3, -0.25) is 0 Å². The van der Waals surface area contributed by atoms with E-state index in [2.05, 4.69) is 5.32 Å². The first-order chi connectivity index (χ1) is 9.78. The minimum atomic E-state index is 0.457. The average Bonchev–Trinajstić information content (AvgIpc) is 3.29. The Labute approximate surface area is 123 Å². The fourth-order valence-corrected chi connectivity index (χ4v) is 6.33. The summed E-state index contributed by atoms with van der Waals surface area (Å²) in [4.78, 5) is 0. The van der Waals surface area contributed by atoms with Crippen LogP contribution in [0.15, 0.2) is 0 Å². The molecule has 6 saturated carbocycles. The molecule has 3 N–H and O–H groups in total. The highest BCUT2D eigenvalue weighted by molar-refractivity contribution is 5.07. The summed E-state index contributed by atoms with van der Waals surface area (Å²) in [6, 6.07) is 1.94. The molecule has 6 rings (SSSR count). The monoisotopic (exact) mass is 274 g/mol. The van der Waals surface area contributed by atoms with E-state index in [1.165, 1.54) is 51.4 Å². The van der Waals surface area contributed by atoms with Crippen molar-refractivity contribution in [3.05, 3.63) is 0 Å². The molecule has 0 saturated heterocycles. The Kier molecular flexibility index (Phi) is 2.78. The van der Waals surface area contributed by atoms with Gasteiger partial charge in [-0.2, -0.15) is 0 Å². The van der Waals surface area contributed by atoms with Crippen molar-refractivity contribution in [3.8, 4) is 0 Å². The Bertz CT molecular complexity index is 357. The standard InChI is InChI=1S/C18H30N2/c19-17(12-1-2-12)18(20-15-3-4-15)16-13-6-10-5-11(8-13)9-14(16)7-10/h10-18,20H,1-9,19H2. The molecule has 0 aromatic carbocycles. The number of nitrogens with two attached hydrogens (primary N) is 1. The third-order valence-electron chi connectivity index (χ3n) is 7.30. The van der Waals surface area contributed by atoms with Crippen LogP contribution >= 0.6 is 0 Å². The van der Waals surface area contributed by atoms with E-state index in [1.54, 1.807) is 6.42 Å². The Balaban J connectivity index is 1.39. The highest BCUT2D eigenvalue weighted by Crippen LogP contribution is 2.58. The molecule has 0 radical (unpaired) electrons. The summed E-state index contributed by atoms with van der Waals surface area (Å²) in [5.74, 6) is 6.00. The second kappa shape index (κ2) is 4.46. The van der Waals surface area contributed by atoms with Crippen molar-refractivity contribution >= 4 is 0 Å². The van der Waals surface area contributed by atoms with Gasteiger partial charge in [0.05, 0.1) is 0 Å². The van der Waals surface area contributed by atoms with Crippen LogP contribution in [0, 0.1) is 35.5 Å². The minimum absolute atomic E-state index is 0.457. The second-order valence-corrected chi connectivity index (χ2v) is 8.89. The van der Waals surface area contributed by atoms with Crippen LogP contribution in [0.25, 0.3) is 0 Å². The zero-order valence-corrected chi connectivity index (χ0v) is 12.6. The zero-order chi connectivity index (χ0) is 13.3. The minimum Gasteiger partial charge on any atom is -0.326 e. The molecule has 112 valence electrons. The molecule has 0 heterocycles. The van der Waals surface area contributed by atoms with E-state index in [9.17, 15) is 0 Å². The van der Waals surface area contributed by atoms with Crippen molar-refractivity contribution in [1.29, 1.82) is 0 Å². The summed E-state index contributed by atoms with van der Waals surface area (Å²) in [6.45, 7) is 0. The van der Waals surface area contributed by atoms with Crippen molar-refractivity contribution in [1.82, 2.24) is 5.32 Å². The maximum absolute atomic E-state index is 6.72. The van der Waals surface area contributed by atoms with E-state index in [1.807, 2.05) is 0 Å². The highest BCUT2D eigenvalue weighted by atomic mass is 15.0. The van der Waals surface area contributed by atoms with Gasteiger partial charge in [0.2, 0.25) is 0 Å². The molecule has 0 aromatic heterocycles. The van der Waals surface area contributed by atoms with Crippen LogP contribution in [-0.4, -0.2) is 18.1 Å². The van der Waals surface area contributed by atoms with Gasteiger partial charge in [-0.1, -0.05) is 0 Å². The van der Waals surface area contributed by atoms with E-state index >= 15 is 0 Å². The number of rotatable bonds is 5. The van der Waals surface area contributed by atoms with E-state index in [0.29, 0.717) is 12.1 Å². The molecule has 20 heavy (non-hydrogen) atoms. The van der Waals surface area contributed by atoms with Crippen LogP contribution in [0.2, 0.25) is 0 Å². The second-order valence-electron chi connectivity index (χ2n) is 8.89. The zero-order valence-electron chi connectivity index (χ0n) is 12.6. The first kappa shape index (κ1) is 12.5. The van der Waals surface area contributed by atoms with Crippen LogP contribution < -0.4 is 11.1 Å². The Morgan fingerprint density at radius 2 is 1.40 bits per heavy atom. The summed E-state index contributed by atoms with van der Waals surface area (Å²) >= 11 is 0. The molecule has 0 aromatic rings. The van der Waals surface area contributed by atoms with E-state index in [4.69, 9.17) is 5.73 Å². The number of nitrogens with one attached hydrogen (secondary N) is 1. The number of hydrogen-bond acceptors (Lipinski definition) is 2. The Morgan fingerprint density at radius 1 is 0.800 bits per heavy atom. The summed E-state index contributed by atoms with van der Waals surface area (Å²) in [6.07, 6.45) is 13.3. The Morgan fingerprint density at radius 3 is 1.90 bits per heavy atom. The third-order valence-corrected chi connectivity index (χ3v) is 7.30. The summed E-state index contributed by atoms with van der Waals surface area (Å²) in [5.41, 5.74) is 6.72. The summed E-state index contributed by atoms with van der Waals surface area (Å²) < 4.78 is 0. The van der Waals surface area contributed by atoms with Crippen molar-refractivity contribution in [2.75, 3.05) is 0 Å². The predicted octanol–water partition coefficient (Wildman–Crippen LogP) is 2.92. The third kappa shape index (κ3) is 2.06. The first-order valence-corrected chi connectivity index (χ1v) is 9.29. The van der Waals surface area contributed by atoms with Crippen molar-refractivity contribution < 1.29 is 0 Å². The lowest BCUT2D eigenvalue weighted by atomic mass is 9.50. The molecule has 2 nitrogen and oxygen atoms in total. The lowest BCUT2D eigenvalue weighted by molar-refractivity contribution is -0.0565. The molecule has 0 aliphatic heterocycles. The maximum Gasteiger partial charge on any atom is 0.0257 e. The fourth-order valence-electron chi connectivity index (χ4n) is 6.33. The van der Waals surface area contributed by atoms with Gasteiger partial charge in [0, 0.05) is 18.1 Å². The molecule has 2 atom stereocenters. The molecule has 2 heteroatoms. The molecular weight excluding hydrogens is 244 g/mol. The van der Waals surface area contributed by atoms with Gasteiger partial charge in [0.25, 0.3) is 0 Å². The van der Waals surface area contributed by atoms with Gasteiger partial charge >= 0.3 is 0 Å². The largest absolute Gasteiger partial charge is 0.326 e. The summed E-state index contributed by atoms with van der Waals surface area (Å²) in [5, 5.41) is 4.02. The van der Waals surface area contributed by atoms with E-state index in [-0.39, 0.29) is 0 Å². The summed E-state index contributed by atoms with van der Waals surface area (Å²) in [7, 11) is 0. The first-order valence-electron chi connectivity index (χ1n) is 9.29. The van der Waals surface area contributed by atoms with Gasteiger partial charge in [-0.05, 0) is 93.3 Å². The Hall–Kier alpha value is -0.0800. The predicted molar refractivity (Wildman–Crippen MR) is 81.2 cm³/mol. The molecule has 6 aliphatic carbocycles. The molecule has 6 fully saturated rings. The molecule has 6 aliphatic rings. The lowest BCUT2D eigenvalue weighted by Crippen LogP contribution is -2.59. The van der Waals surface area contributed by atoms with Gasteiger partial charge in [-0.25, -0.2) is 0 Å². The van der Waals surface area contributed by atoms with E-state index in [0.717, 1.165) is 41.5 Å². The van der Waals surface area contributed by atoms with Gasteiger partial charge < -0.3 is 11.1 Å². The van der Waals surface area contributed by atoms with Crippen molar-refractivity contribution in [3.63, 3.8) is 0 Å². The molecule has 2 unspecified atom stereocenters. The van der Waals surface area contributed by atoms with E-state index < -0.39 is 0 Å². The molecule has 0 amide bonds. The molecule has 0 spiro atoms. The van der Waals surface area contributed by atoms with Crippen molar-refractivity contribution in [2.45, 2.75) is 75.9 Å². The lowest BCUT2D eigenvalue weighted by Gasteiger charge is -2.57. The van der Waals surface area contributed by atoms with Crippen LogP contribution in [0.1, 0.15) is 57.8 Å². The average molecular weight is 274 g/mol. The van der Waals surface area contributed by atoms with Gasteiger partial charge in [0.1, 0.15) is 0 Å².